The lowest BCUT2D eigenvalue weighted by molar-refractivity contribution is 0.00354. The zero-order chi connectivity index (χ0) is 11.5. The van der Waals surface area contributed by atoms with Gasteiger partial charge in [-0.2, -0.15) is 0 Å². The minimum Gasteiger partial charge on any atom is -0.444 e. The van der Waals surface area contributed by atoms with E-state index < -0.39 is 0 Å². The predicted molar refractivity (Wildman–Crippen MR) is 65.8 cm³/mol. The molecule has 1 aliphatic heterocycles. The molecule has 2 heterocycles. The summed E-state index contributed by atoms with van der Waals surface area (Å²) < 4.78 is 11.2. The van der Waals surface area contributed by atoms with Crippen molar-refractivity contribution >= 4 is 37.8 Å². The number of ether oxygens (including phenoxy) is 1. The summed E-state index contributed by atoms with van der Waals surface area (Å²) in [4.78, 5) is 13.9. The number of alkyl halides is 1. The molecule has 88 valence electrons. The molecule has 1 unspecified atom stereocenters. The van der Waals surface area contributed by atoms with Crippen LogP contribution in [0.25, 0.3) is 0 Å². The highest BCUT2D eigenvalue weighted by atomic mass is 79.9. The molecule has 1 saturated heterocycles. The average Bonchev–Trinajstić information content (AvgIpc) is 2.75. The number of rotatable bonds is 2. The first-order valence-corrected chi connectivity index (χ1v) is 6.84. The molecule has 0 bridgehead atoms. The molecule has 0 saturated carbocycles. The molecule has 1 atom stereocenters. The Hall–Kier alpha value is -0.330. The Kier molecular flexibility index (Phi) is 4.05. The van der Waals surface area contributed by atoms with Crippen LogP contribution in [0.3, 0.4) is 0 Å². The third-order valence-electron chi connectivity index (χ3n) is 2.45. The monoisotopic (exact) mass is 351 g/mol. The molecule has 0 N–H and O–H groups in total. The molecule has 0 aliphatic carbocycles. The van der Waals surface area contributed by atoms with E-state index in [1.165, 1.54) is 0 Å². The van der Waals surface area contributed by atoms with E-state index in [0.717, 1.165) is 0 Å². The average molecular weight is 353 g/mol. The predicted octanol–water partition coefficient (Wildman–Crippen LogP) is 2.28. The Morgan fingerprint density at radius 2 is 2.38 bits per heavy atom. The van der Waals surface area contributed by atoms with Crippen LogP contribution in [0.4, 0.5) is 0 Å². The van der Waals surface area contributed by atoms with Gasteiger partial charge in [0, 0.05) is 11.9 Å². The number of carbonyl (C=O) groups is 1. The quantitative estimate of drug-likeness (QED) is 0.767. The van der Waals surface area contributed by atoms with Gasteiger partial charge in [0.25, 0.3) is 5.91 Å². The Morgan fingerprint density at radius 3 is 3.00 bits per heavy atom. The topological polar surface area (TPSA) is 42.7 Å². The second kappa shape index (κ2) is 5.33. The molecule has 1 amide bonds. The lowest BCUT2D eigenvalue weighted by atomic mass is 10.2. The fourth-order valence-corrected chi connectivity index (χ4v) is 2.46. The van der Waals surface area contributed by atoms with Crippen LogP contribution in [-0.2, 0) is 4.74 Å². The summed E-state index contributed by atoms with van der Waals surface area (Å²) in [6.07, 6.45) is 0. The third-order valence-corrected chi connectivity index (χ3v) is 3.62. The zero-order valence-electron chi connectivity index (χ0n) is 8.49. The first-order chi connectivity index (χ1) is 7.72. The summed E-state index contributed by atoms with van der Waals surface area (Å²) in [5.74, 6) is 0.276. The summed E-state index contributed by atoms with van der Waals surface area (Å²) in [6, 6.07) is 3.47. The van der Waals surface area contributed by atoms with E-state index in [-0.39, 0.29) is 11.9 Å². The molecule has 2 rings (SSSR count). The summed E-state index contributed by atoms with van der Waals surface area (Å²) >= 11 is 6.57. The Balaban J connectivity index is 2.13. The van der Waals surface area contributed by atoms with E-state index in [2.05, 4.69) is 31.9 Å². The van der Waals surface area contributed by atoms with E-state index in [1.54, 1.807) is 17.0 Å². The van der Waals surface area contributed by atoms with Crippen molar-refractivity contribution in [3.63, 3.8) is 0 Å². The van der Waals surface area contributed by atoms with Crippen LogP contribution in [-0.4, -0.2) is 41.9 Å². The van der Waals surface area contributed by atoms with Gasteiger partial charge in [0.1, 0.15) is 0 Å². The maximum absolute atomic E-state index is 12.1. The zero-order valence-corrected chi connectivity index (χ0v) is 11.7. The van der Waals surface area contributed by atoms with Gasteiger partial charge >= 0.3 is 0 Å². The van der Waals surface area contributed by atoms with Crippen molar-refractivity contribution in [3.05, 3.63) is 22.6 Å². The van der Waals surface area contributed by atoms with Crippen LogP contribution in [0, 0.1) is 0 Å². The van der Waals surface area contributed by atoms with Crippen molar-refractivity contribution in [2.45, 2.75) is 6.04 Å². The van der Waals surface area contributed by atoms with Crippen LogP contribution < -0.4 is 0 Å². The van der Waals surface area contributed by atoms with Crippen LogP contribution in [0.5, 0.6) is 0 Å². The first-order valence-electron chi connectivity index (χ1n) is 4.92. The normalized spacial score (nSPS) is 21.1. The number of hydrogen-bond acceptors (Lipinski definition) is 3. The number of nitrogens with zero attached hydrogens (tertiary/aromatic N) is 1. The largest absolute Gasteiger partial charge is 0.444 e. The van der Waals surface area contributed by atoms with Crippen LogP contribution in [0.2, 0.25) is 0 Å². The lowest BCUT2D eigenvalue weighted by Crippen LogP contribution is -2.49. The summed E-state index contributed by atoms with van der Waals surface area (Å²) in [7, 11) is 0. The van der Waals surface area contributed by atoms with Gasteiger partial charge in [-0.3, -0.25) is 4.79 Å². The molecule has 1 fully saturated rings. The lowest BCUT2D eigenvalue weighted by Gasteiger charge is -2.33. The summed E-state index contributed by atoms with van der Waals surface area (Å²) in [6.45, 7) is 1.75. The highest BCUT2D eigenvalue weighted by molar-refractivity contribution is 9.10. The number of amides is 1. The number of furan rings is 1. The summed E-state index contributed by atoms with van der Waals surface area (Å²) in [5.41, 5.74) is 0. The second-order valence-electron chi connectivity index (χ2n) is 3.49. The van der Waals surface area contributed by atoms with Crippen molar-refractivity contribution in [1.82, 2.24) is 4.90 Å². The number of carbonyl (C=O) groups excluding carboxylic acids is 1. The van der Waals surface area contributed by atoms with E-state index >= 15 is 0 Å². The van der Waals surface area contributed by atoms with Gasteiger partial charge in [-0.25, -0.2) is 0 Å². The van der Waals surface area contributed by atoms with E-state index in [4.69, 9.17) is 9.15 Å². The van der Waals surface area contributed by atoms with Gasteiger partial charge in [-0.15, -0.1) is 0 Å². The van der Waals surface area contributed by atoms with Crippen molar-refractivity contribution in [1.29, 1.82) is 0 Å². The highest BCUT2D eigenvalue weighted by Crippen LogP contribution is 2.18. The maximum Gasteiger partial charge on any atom is 0.290 e. The molecule has 0 spiro atoms. The van der Waals surface area contributed by atoms with Gasteiger partial charge in [0.2, 0.25) is 0 Å². The fourth-order valence-electron chi connectivity index (χ4n) is 1.62. The Labute approximate surface area is 110 Å². The van der Waals surface area contributed by atoms with Crippen molar-refractivity contribution in [3.8, 4) is 0 Å². The molecular formula is C10H11Br2NO3. The van der Waals surface area contributed by atoms with Crippen molar-refractivity contribution in [2.75, 3.05) is 25.1 Å². The minimum absolute atomic E-state index is 0.0742. The van der Waals surface area contributed by atoms with Crippen LogP contribution >= 0.6 is 31.9 Å². The molecular weight excluding hydrogens is 342 g/mol. The molecule has 6 heteroatoms. The van der Waals surface area contributed by atoms with E-state index in [0.29, 0.717) is 35.5 Å². The molecule has 1 aliphatic rings. The van der Waals surface area contributed by atoms with Crippen molar-refractivity contribution in [2.24, 2.45) is 0 Å². The maximum atomic E-state index is 12.1. The number of halogens is 2. The molecule has 1 aromatic rings. The highest BCUT2D eigenvalue weighted by Gasteiger charge is 2.28. The Bertz CT molecular complexity index is 380. The fraction of sp³-hybridized carbons (Fsp3) is 0.500. The second-order valence-corrected chi connectivity index (χ2v) is 4.91. The standard InChI is InChI=1S/C10H11Br2NO3/c11-5-7-6-15-4-3-13(7)10(14)8-1-2-9(12)16-8/h1-2,7H,3-6H2. The van der Waals surface area contributed by atoms with Gasteiger partial charge in [-0.05, 0) is 28.1 Å². The van der Waals surface area contributed by atoms with E-state index in [9.17, 15) is 4.79 Å². The SMILES string of the molecule is O=C(c1ccc(Br)o1)N1CCOCC1CBr. The summed E-state index contributed by atoms with van der Waals surface area (Å²) in [5, 5.41) is 0.709. The Morgan fingerprint density at radius 1 is 1.56 bits per heavy atom. The number of morpholine rings is 1. The molecule has 4 nitrogen and oxygen atoms in total. The van der Waals surface area contributed by atoms with Gasteiger partial charge in [0.15, 0.2) is 10.4 Å². The van der Waals surface area contributed by atoms with E-state index in [1.807, 2.05) is 0 Å². The minimum atomic E-state index is -0.0848. The molecule has 1 aromatic heterocycles. The van der Waals surface area contributed by atoms with Crippen LogP contribution in [0.1, 0.15) is 10.6 Å². The molecule has 0 aromatic carbocycles. The van der Waals surface area contributed by atoms with Gasteiger partial charge in [-0.1, -0.05) is 15.9 Å². The van der Waals surface area contributed by atoms with Gasteiger partial charge in [0.05, 0.1) is 19.3 Å². The van der Waals surface area contributed by atoms with Crippen LogP contribution in [0.15, 0.2) is 21.2 Å². The molecule has 16 heavy (non-hydrogen) atoms. The van der Waals surface area contributed by atoms with Gasteiger partial charge < -0.3 is 14.1 Å². The first kappa shape index (κ1) is 12.1. The smallest absolute Gasteiger partial charge is 0.290 e. The third kappa shape index (κ3) is 2.49. The molecule has 0 radical (unpaired) electrons. The number of hydrogen-bond donors (Lipinski definition) is 0. The van der Waals surface area contributed by atoms with Crippen molar-refractivity contribution < 1.29 is 13.9 Å².